The number of hydrogen-bond acceptors (Lipinski definition) is 3. The Morgan fingerprint density at radius 3 is 2.41 bits per heavy atom. The van der Waals surface area contributed by atoms with Crippen LogP contribution in [0.4, 0.5) is 0 Å². The molecule has 0 aliphatic heterocycles. The number of carbonyl (C=O) groups excluding carboxylic acids is 2. The third-order valence-electron chi connectivity index (χ3n) is 2.40. The summed E-state index contributed by atoms with van der Waals surface area (Å²) in [6.07, 6.45) is 1.84. The molecule has 0 saturated heterocycles. The summed E-state index contributed by atoms with van der Waals surface area (Å²) < 4.78 is 5.43. The van der Waals surface area contributed by atoms with Crippen LogP contribution in [0.3, 0.4) is 0 Å². The lowest BCUT2D eigenvalue weighted by molar-refractivity contribution is -0.118. The average molecular weight is 235 g/mol. The van der Waals surface area contributed by atoms with Gasteiger partial charge in [-0.3, -0.25) is 9.59 Å². The third kappa shape index (κ3) is 4.68. The van der Waals surface area contributed by atoms with E-state index in [1.165, 1.54) is 0 Å². The number of carbonyl (C=O) groups is 2. The third-order valence-corrected chi connectivity index (χ3v) is 2.40. The van der Waals surface area contributed by atoms with Crippen molar-refractivity contribution in [1.29, 1.82) is 0 Å². The van der Waals surface area contributed by atoms with Crippen molar-refractivity contribution in [1.82, 2.24) is 0 Å². The summed E-state index contributed by atoms with van der Waals surface area (Å²) in [5.74, 6) is 0.474. The molecule has 2 N–H and O–H groups in total. The van der Waals surface area contributed by atoms with Crippen molar-refractivity contribution in [3.8, 4) is 5.75 Å². The van der Waals surface area contributed by atoms with Gasteiger partial charge >= 0.3 is 0 Å². The highest BCUT2D eigenvalue weighted by atomic mass is 16.5. The maximum Gasteiger partial charge on any atom is 0.248 e. The van der Waals surface area contributed by atoms with Crippen molar-refractivity contribution < 1.29 is 14.3 Å². The first-order valence-corrected chi connectivity index (χ1v) is 5.68. The molecule has 0 aliphatic carbocycles. The number of ether oxygens (including phenoxy) is 1. The van der Waals surface area contributed by atoms with Crippen molar-refractivity contribution in [2.75, 3.05) is 6.61 Å². The Hall–Kier alpha value is -1.84. The molecule has 0 heterocycles. The highest BCUT2D eigenvalue weighted by Gasteiger charge is 2.01. The highest BCUT2D eigenvalue weighted by molar-refractivity contribution is 5.92. The Morgan fingerprint density at radius 1 is 1.24 bits per heavy atom. The molecule has 0 aliphatic rings. The van der Waals surface area contributed by atoms with Gasteiger partial charge in [0.15, 0.2) is 0 Å². The molecular formula is C13H17NO3. The Balaban J connectivity index is 2.32. The van der Waals surface area contributed by atoms with Gasteiger partial charge in [-0.25, -0.2) is 0 Å². The van der Waals surface area contributed by atoms with Crippen LogP contribution in [-0.2, 0) is 4.79 Å². The molecule has 0 fully saturated rings. The molecule has 0 atom stereocenters. The van der Waals surface area contributed by atoms with Gasteiger partial charge < -0.3 is 10.5 Å². The van der Waals surface area contributed by atoms with Gasteiger partial charge in [-0.1, -0.05) is 6.92 Å². The maximum atomic E-state index is 11.0. The molecule has 0 radical (unpaired) electrons. The number of hydrogen-bond donors (Lipinski definition) is 1. The van der Waals surface area contributed by atoms with Crippen molar-refractivity contribution in [3.05, 3.63) is 29.8 Å². The van der Waals surface area contributed by atoms with E-state index in [1.54, 1.807) is 24.3 Å². The predicted molar refractivity (Wildman–Crippen MR) is 65.0 cm³/mol. The summed E-state index contributed by atoms with van der Waals surface area (Å²) in [6.45, 7) is 2.35. The Kier molecular flexibility index (Phi) is 5.20. The minimum Gasteiger partial charge on any atom is -0.494 e. The Labute approximate surface area is 101 Å². The number of benzene rings is 1. The highest BCUT2D eigenvalue weighted by Crippen LogP contribution is 2.12. The Morgan fingerprint density at radius 2 is 1.88 bits per heavy atom. The molecular weight excluding hydrogens is 218 g/mol. The van der Waals surface area contributed by atoms with E-state index >= 15 is 0 Å². The normalized spacial score (nSPS) is 9.94. The zero-order valence-corrected chi connectivity index (χ0v) is 9.94. The summed E-state index contributed by atoms with van der Waals surface area (Å²) >= 11 is 0. The second kappa shape index (κ2) is 6.68. The SMILES string of the molecule is CCC(=O)CCCOc1ccc(C(N)=O)cc1. The molecule has 1 amide bonds. The molecule has 1 aromatic carbocycles. The van der Waals surface area contributed by atoms with E-state index in [1.807, 2.05) is 6.92 Å². The first-order valence-electron chi connectivity index (χ1n) is 5.68. The number of primary amides is 1. The standard InChI is InChI=1S/C13H17NO3/c1-2-11(15)4-3-9-17-12-7-5-10(6-8-12)13(14)16/h5-8H,2-4,9H2,1H3,(H2,14,16). The molecule has 4 nitrogen and oxygen atoms in total. The zero-order valence-electron chi connectivity index (χ0n) is 9.94. The van der Waals surface area contributed by atoms with Gasteiger partial charge in [0.1, 0.15) is 11.5 Å². The summed E-state index contributed by atoms with van der Waals surface area (Å²) in [6, 6.07) is 6.63. The van der Waals surface area contributed by atoms with Gasteiger partial charge in [-0.05, 0) is 30.7 Å². The molecule has 17 heavy (non-hydrogen) atoms. The summed E-state index contributed by atoms with van der Waals surface area (Å²) in [5, 5.41) is 0. The maximum absolute atomic E-state index is 11.0. The number of amides is 1. The topological polar surface area (TPSA) is 69.4 Å². The molecule has 1 rings (SSSR count). The molecule has 92 valence electrons. The molecule has 4 heteroatoms. The van der Waals surface area contributed by atoms with Gasteiger partial charge in [0.2, 0.25) is 5.91 Å². The molecule has 0 bridgehead atoms. The van der Waals surface area contributed by atoms with E-state index < -0.39 is 5.91 Å². The van der Waals surface area contributed by atoms with Gasteiger partial charge in [0, 0.05) is 18.4 Å². The smallest absolute Gasteiger partial charge is 0.248 e. The fourth-order valence-electron chi connectivity index (χ4n) is 1.35. The van der Waals surface area contributed by atoms with E-state index in [4.69, 9.17) is 10.5 Å². The van der Waals surface area contributed by atoms with E-state index in [0.29, 0.717) is 37.2 Å². The zero-order chi connectivity index (χ0) is 12.7. The lowest BCUT2D eigenvalue weighted by atomic mass is 10.2. The number of ketones is 1. The summed E-state index contributed by atoms with van der Waals surface area (Å²) in [4.78, 5) is 21.9. The van der Waals surface area contributed by atoms with Crippen molar-refractivity contribution in [2.45, 2.75) is 26.2 Å². The van der Waals surface area contributed by atoms with E-state index in [0.717, 1.165) is 0 Å². The van der Waals surface area contributed by atoms with Crippen LogP contribution in [0.1, 0.15) is 36.5 Å². The minimum absolute atomic E-state index is 0.248. The molecule has 0 saturated carbocycles. The first kappa shape index (κ1) is 13.2. The van der Waals surface area contributed by atoms with Gasteiger partial charge in [0.25, 0.3) is 0 Å². The van der Waals surface area contributed by atoms with Crippen LogP contribution in [0.15, 0.2) is 24.3 Å². The monoisotopic (exact) mass is 235 g/mol. The van der Waals surface area contributed by atoms with E-state index in [9.17, 15) is 9.59 Å². The van der Waals surface area contributed by atoms with Crippen molar-refractivity contribution >= 4 is 11.7 Å². The number of nitrogens with two attached hydrogens (primary N) is 1. The Bertz CT molecular complexity index is 384. The van der Waals surface area contributed by atoms with Crippen LogP contribution >= 0.6 is 0 Å². The van der Waals surface area contributed by atoms with E-state index in [-0.39, 0.29) is 5.78 Å². The van der Waals surface area contributed by atoms with Crippen LogP contribution in [0, 0.1) is 0 Å². The molecule has 0 unspecified atom stereocenters. The van der Waals surface area contributed by atoms with Gasteiger partial charge in [0.05, 0.1) is 6.61 Å². The van der Waals surface area contributed by atoms with Crippen LogP contribution in [0.5, 0.6) is 5.75 Å². The van der Waals surface area contributed by atoms with Gasteiger partial charge in [-0.15, -0.1) is 0 Å². The quantitative estimate of drug-likeness (QED) is 0.734. The molecule has 1 aromatic rings. The summed E-state index contributed by atoms with van der Waals surface area (Å²) in [7, 11) is 0. The van der Waals surface area contributed by atoms with E-state index in [2.05, 4.69) is 0 Å². The lowest BCUT2D eigenvalue weighted by Crippen LogP contribution is -2.10. The van der Waals surface area contributed by atoms with Gasteiger partial charge in [-0.2, -0.15) is 0 Å². The summed E-state index contributed by atoms with van der Waals surface area (Å²) in [5.41, 5.74) is 5.57. The second-order valence-electron chi connectivity index (χ2n) is 3.73. The van der Waals surface area contributed by atoms with Crippen LogP contribution in [0.25, 0.3) is 0 Å². The molecule has 0 aromatic heterocycles. The average Bonchev–Trinajstić information content (AvgIpc) is 2.34. The minimum atomic E-state index is -0.454. The fraction of sp³-hybridized carbons (Fsp3) is 0.385. The molecule has 0 spiro atoms. The number of rotatable bonds is 7. The fourth-order valence-corrected chi connectivity index (χ4v) is 1.35. The first-order chi connectivity index (χ1) is 8.13. The predicted octanol–water partition coefficient (Wildman–Crippen LogP) is 1.92. The van der Waals surface area contributed by atoms with Crippen molar-refractivity contribution in [2.24, 2.45) is 5.73 Å². The van der Waals surface area contributed by atoms with Crippen LogP contribution in [0.2, 0.25) is 0 Å². The lowest BCUT2D eigenvalue weighted by Gasteiger charge is -2.05. The van der Waals surface area contributed by atoms with Crippen LogP contribution in [-0.4, -0.2) is 18.3 Å². The van der Waals surface area contributed by atoms with Crippen LogP contribution < -0.4 is 10.5 Å². The van der Waals surface area contributed by atoms with Crippen molar-refractivity contribution in [3.63, 3.8) is 0 Å². The second-order valence-corrected chi connectivity index (χ2v) is 3.73. The largest absolute Gasteiger partial charge is 0.494 e. The number of Topliss-reactive ketones (excluding diaryl/α,β-unsaturated/α-hetero) is 1.